The first kappa shape index (κ1) is 22.5. The van der Waals surface area contributed by atoms with Crippen molar-refractivity contribution in [3.8, 4) is 11.5 Å². The van der Waals surface area contributed by atoms with Gasteiger partial charge < -0.3 is 19.4 Å². The van der Waals surface area contributed by atoms with Gasteiger partial charge in [0.25, 0.3) is 0 Å². The molecule has 1 atom stereocenters. The van der Waals surface area contributed by atoms with Gasteiger partial charge in [0.2, 0.25) is 5.91 Å². The molecular formula is C21H22F2N4O3S. The molecule has 3 aromatic rings. The summed E-state index contributed by atoms with van der Waals surface area (Å²) in [6, 6.07) is 10.5. The number of aromatic nitrogens is 3. The number of methoxy groups -OCH3 is 1. The van der Waals surface area contributed by atoms with E-state index >= 15 is 0 Å². The lowest BCUT2D eigenvalue weighted by molar-refractivity contribution is -0.113. The fourth-order valence-electron chi connectivity index (χ4n) is 2.87. The molecule has 1 aromatic heterocycles. The summed E-state index contributed by atoms with van der Waals surface area (Å²) < 4.78 is 39.5. The lowest BCUT2D eigenvalue weighted by atomic mass is 10.3. The Bertz CT molecular complexity index is 1060. The number of hydrogen-bond acceptors (Lipinski definition) is 6. The number of halogens is 2. The average molecular weight is 448 g/mol. The van der Waals surface area contributed by atoms with Gasteiger partial charge in [0.15, 0.2) is 40.2 Å². The molecule has 0 saturated heterocycles. The zero-order chi connectivity index (χ0) is 22.4. The van der Waals surface area contributed by atoms with Crippen LogP contribution < -0.4 is 14.8 Å². The Morgan fingerprint density at radius 3 is 2.58 bits per heavy atom. The molecular weight excluding hydrogens is 426 g/mol. The summed E-state index contributed by atoms with van der Waals surface area (Å²) in [5.41, 5.74) is 0.181. The third-order valence-electron chi connectivity index (χ3n) is 4.33. The van der Waals surface area contributed by atoms with Gasteiger partial charge in [-0.25, -0.2) is 8.78 Å². The first-order valence-electron chi connectivity index (χ1n) is 9.53. The summed E-state index contributed by atoms with van der Waals surface area (Å²) in [5.74, 6) is -0.536. The second-order valence-electron chi connectivity index (χ2n) is 6.46. The standard InChI is InChI=1S/C21H22F2N4O3S/c1-4-27-20(13(2)30-18-8-6-5-7-17(18)29-3)25-26-21(27)31-12-19(28)24-14-9-10-15(22)16(23)11-14/h5-11,13H,4,12H2,1-3H3,(H,24,28). The zero-order valence-electron chi connectivity index (χ0n) is 17.3. The van der Waals surface area contributed by atoms with Crippen LogP contribution in [0.3, 0.4) is 0 Å². The number of carbonyl (C=O) groups excluding carboxylic acids is 1. The van der Waals surface area contributed by atoms with E-state index in [9.17, 15) is 13.6 Å². The highest BCUT2D eigenvalue weighted by atomic mass is 32.2. The molecule has 2 aromatic carbocycles. The zero-order valence-corrected chi connectivity index (χ0v) is 18.1. The van der Waals surface area contributed by atoms with Crippen molar-refractivity contribution >= 4 is 23.4 Å². The van der Waals surface area contributed by atoms with Crippen molar-refractivity contribution in [2.75, 3.05) is 18.2 Å². The highest BCUT2D eigenvalue weighted by molar-refractivity contribution is 7.99. The molecule has 31 heavy (non-hydrogen) atoms. The molecule has 10 heteroatoms. The number of nitrogens with zero attached hydrogens (tertiary/aromatic N) is 3. The minimum absolute atomic E-state index is 0.0267. The predicted molar refractivity (Wildman–Crippen MR) is 113 cm³/mol. The van der Waals surface area contributed by atoms with Crippen molar-refractivity contribution in [2.24, 2.45) is 0 Å². The Balaban J connectivity index is 1.65. The number of benzene rings is 2. The largest absolute Gasteiger partial charge is 0.493 e. The molecule has 0 spiro atoms. The van der Waals surface area contributed by atoms with Crippen LogP contribution in [0.4, 0.5) is 14.5 Å². The predicted octanol–water partition coefficient (Wildman–Crippen LogP) is 4.46. The number of ether oxygens (including phenoxy) is 2. The molecule has 0 aliphatic carbocycles. The van der Waals surface area contributed by atoms with Crippen LogP contribution >= 0.6 is 11.8 Å². The minimum Gasteiger partial charge on any atom is -0.493 e. The fraction of sp³-hybridized carbons (Fsp3) is 0.286. The lowest BCUT2D eigenvalue weighted by Crippen LogP contribution is -2.15. The first-order chi connectivity index (χ1) is 14.9. The topological polar surface area (TPSA) is 78.3 Å². The molecule has 1 N–H and O–H groups in total. The maximum absolute atomic E-state index is 13.3. The summed E-state index contributed by atoms with van der Waals surface area (Å²) in [7, 11) is 1.57. The van der Waals surface area contributed by atoms with Crippen molar-refractivity contribution in [1.29, 1.82) is 0 Å². The number of carbonyl (C=O) groups is 1. The van der Waals surface area contributed by atoms with E-state index in [-0.39, 0.29) is 17.3 Å². The Morgan fingerprint density at radius 2 is 1.90 bits per heavy atom. The summed E-state index contributed by atoms with van der Waals surface area (Å²) in [6.07, 6.45) is -0.408. The van der Waals surface area contributed by atoms with Crippen molar-refractivity contribution in [1.82, 2.24) is 14.8 Å². The van der Waals surface area contributed by atoms with Crippen molar-refractivity contribution in [3.05, 3.63) is 59.9 Å². The van der Waals surface area contributed by atoms with Crippen LogP contribution in [0, 0.1) is 11.6 Å². The minimum atomic E-state index is -1.02. The molecule has 1 amide bonds. The summed E-state index contributed by atoms with van der Waals surface area (Å²) in [5, 5.41) is 11.5. The Labute approximate surface area is 182 Å². The van der Waals surface area contributed by atoms with Gasteiger partial charge in [-0.3, -0.25) is 4.79 Å². The van der Waals surface area contributed by atoms with E-state index in [4.69, 9.17) is 9.47 Å². The van der Waals surface area contributed by atoms with Gasteiger partial charge in [-0.1, -0.05) is 23.9 Å². The van der Waals surface area contributed by atoms with Crippen LogP contribution in [0.2, 0.25) is 0 Å². The van der Waals surface area contributed by atoms with E-state index in [1.54, 1.807) is 19.2 Å². The van der Waals surface area contributed by atoms with Crippen LogP contribution in [0.5, 0.6) is 11.5 Å². The van der Waals surface area contributed by atoms with Crippen LogP contribution in [0.25, 0.3) is 0 Å². The SMILES string of the molecule is CCn1c(SCC(=O)Nc2ccc(F)c(F)c2)nnc1C(C)Oc1ccccc1OC. The Morgan fingerprint density at radius 1 is 1.16 bits per heavy atom. The smallest absolute Gasteiger partial charge is 0.234 e. The highest BCUT2D eigenvalue weighted by Gasteiger charge is 2.20. The van der Waals surface area contributed by atoms with Gasteiger partial charge >= 0.3 is 0 Å². The maximum Gasteiger partial charge on any atom is 0.234 e. The van der Waals surface area contributed by atoms with Crippen LogP contribution in [-0.4, -0.2) is 33.5 Å². The number of thioether (sulfide) groups is 1. The van der Waals surface area contributed by atoms with Crippen LogP contribution in [-0.2, 0) is 11.3 Å². The van der Waals surface area contributed by atoms with Crippen molar-refractivity contribution < 1.29 is 23.0 Å². The van der Waals surface area contributed by atoms with E-state index < -0.39 is 17.7 Å². The first-order valence-corrected chi connectivity index (χ1v) is 10.5. The molecule has 0 aliphatic rings. The second kappa shape index (κ2) is 10.3. The van der Waals surface area contributed by atoms with Crippen molar-refractivity contribution in [2.45, 2.75) is 31.7 Å². The molecule has 3 rings (SSSR count). The quantitative estimate of drug-likeness (QED) is 0.487. The van der Waals surface area contributed by atoms with Gasteiger partial charge in [0, 0.05) is 18.3 Å². The molecule has 0 aliphatic heterocycles. The maximum atomic E-state index is 13.3. The fourth-order valence-corrected chi connectivity index (χ4v) is 3.67. The van der Waals surface area contributed by atoms with E-state index in [2.05, 4.69) is 15.5 Å². The number of rotatable bonds is 9. The number of hydrogen-bond donors (Lipinski definition) is 1. The number of para-hydroxylation sites is 2. The Hall–Kier alpha value is -3.14. The molecule has 0 saturated carbocycles. The van der Waals surface area contributed by atoms with Gasteiger partial charge in [-0.15, -0.1) is 10.2 Å². The van der Waals surface area contributed by atoms with E-state index in [0.717, 1.165) is 12.1 Å². The van der Waals surface area contributed by atoms with Crippen LogP contribution in [0.1, 0.15) is 25.8 Å². The lowest BCUT2D eigenvalue weighted by Gasteiger charge is -2.17. The van der Waals surface area contributed by atoms with Gasteiger partial charge in [0.05, 0.1) is 12.9 Å². The molecule has 0 fully saturated rings. The molecule has 1 unspecified atom stereocenters. The molecule has 164 valence electrons. The van der Waals surface area contributed by atoms with E-state index in [1.165, 1.54) is 17.8 Å². The van der Waals surface area contributed by atoms with Gasteiger partial charge in [-0.2, -0.15) is 0 Å². The number of nitrogens with one attached hydrogen (secondary N) is 1. The third-order valence-corrected chi connectivity index (χ3v) is 5.30. The molecule has 0 radical (unpaired) electrons. The summed E-state index contributed by atoms with van der Waals surface area (Å²) in [4.78, 5) is 12.2. The van der Waals surface area contributed by atoms with E-state index in [0.29, 0.717) is 29.0 Å². The van der Waals surface area contributed by atoms with Crippen molar-refractivity contribution in [3.63, 3.8) is 0 Å². The van der Waals surface area contributed by atoms with Crippen LogP contribution in [0.15, 0.2) is 47.6 Å². The normalized spacial score (nSPS) is 11.8. The third kappa shape index (κ3) is 5.52. The monoisotopic (exact) mass is 448 g/mol. The van der Waals surface area contributed by atoms with Gasteiger partial charge in [-0.05, 0) is 38.1 Å². The number of amides is 1. The number of anilines is 1. The van der Waals surface area contributed by atoms with E-state index in [1.807, 2.05) is 30.5 Å². The molecule has 7 nitrogen and oxygen atoms in total. The average Bonchev–Trinajstić information content (AvgIpc) is 3.18. The highest BCUT2D eigenvalue weighted by Crippen LogP contribution is 2.31. The summed E-state index contributed by atoms with van der Waals surface area (Å²) in [6.45, 7) is 4.37. The van der Waals surface area contributed by atoms with Gasteiger partial charge in [0.1, 0.15) is 0 Å². The Kier molecular flexibility index (Phi) is 7.45. The molecule has 0 bridgehead atoms. The second-order valence-corrected chi connectivity index (χ2v) is 7.40. The molecule has 1 heterocycles. The summed E-state index contributed by atoms with van der Waals surface area (Å²) >= 11 is 1.19.